The number of thiophene rings is 1. The van der Waals surface area contributed by atoms with Crippen molar-refractivity contribution < 1.29 is 4.79 Å². The standard InChI is InChI=1S/C23H28N6OS/c1-3-28-10-4-6-17(28)13-24-22(30)18-14-26-29(21(18)16-8-9-16)23-25-12-15(2)20(27-23)19-7-5-11-31-19/h5,7,11-12,14,16-17H,3-4,6,8-10,13H2,1-2H3,(H,24,30)/t17-/m0/s1. The first kappa shape index (κ1) is 20.3. The second-order valence-corrected chi connectivity index (χ2v) is 9.39. The molecule has 0 radical (unpaired) electrons. The van der Waals surface area contributed by atoms with Crippen molar-refractivity contribution in [1.82, 2.24) is 30.0 Å². The van der Waals surface area contributed by atoms with Gasteiger partial charge in [0.25, 0.3) is 11.9 Å². The van der Waals surface area contributed by atoms with E-state index in [0.717, 1.165) is 54.2 Å². The molecule has 1 amide bonds. The molecule has 0 unspecified atom stereocenters. The van der Waals surface area contributed by atoms with Crippen LogP contribution in [0.4, 0.5) is 0 Å². The summed E-state index contributed by atoms with van der Waals surface area (Å²) in [5, 5.41) is 9.77. The van der Waals surface area contributed by atoms with Gasteiger partial charge in [0.2, 0.25) is 0 Å². The summed E-state index contributed by atoms with van der Waals surface area (Å²) < 4.78 is 1.77. The predicted octanol–water partition coefficient (Wildman–Crippen LogP) is 3.79. The Morgan fingerprint density at radius 3 is 2.90 bits per heavy atom. The van der Waals surface area contributed by atoms with Gasteiger partial charge >= 0.3 is 0 Å². The average Bonchev–Trinajstić information content (AvgIpc) is 3.19. The van der Waals surface area contributed by atoms with Crippen LogP contribution in [0.15, 0.2) is 29.9 Å². The molecule has 2 fully saturated rings. The molecule has 7 nitrogen and oxygen atoms in total. The normalized spacial score (nSPS) is 19.1. The number of aromatic nitrogens is 4. The number of aryl methyl sites for hydroxylation is 1. The van der Waals surface area contributed by atoms with Gasteiger partial charge in [-0.2, -0.15) is 5.10 Å². The Labute approximate surface area is 186 Å². The highest BCUT2D eigenvalue weighted by atomic mass is 32.1. The molecule has 0 spiro atoms. The quantitative estimate of drug-likeness (QED) is 0.610. The van der Waals surface area contributed by atoms with Crippen LogP contribution in [0.5, 0.6) is 0 Å². The molecule has 5 rings (SSSR count). The molecule has 1 atom stereocenters. The highest BCUT2D eigenvalue weighted by molar-refractivity contribution is 7.13. The van der Waals surface area contributed by atoms with E-state index < -0.39 is 0 Å². The minimum atomic E-state index is -0.0401. The number of hydrogen-bond donors (Lipinski definition) is 1. The number of nitrogens with zero attached hydrogens (tertiary/aromatic N) is 5. The zero-order valence-corrected chi connectivity index (χ0v) is 18.9. The Kier molecular flexibility index (Phi) is 5.58. The fourth-order valence-electron chi connectivity index (χ4n) is 4.49. The van der Waals surface area contributed by atoms with Gasteiger partial charge in [0.1, 0.15) is 0 Å². The van der Waals surface area contributed by atoms with Crippen molar-refractivity contribution in [2.75, 3.05) is 19.6 Å². The Morgan fingerprint density at radius 2 is 2.16 bits per heavy atom. The summed E-state index contributed by atoms with van der Waals surface area (Å²) >= 11 is 1.66. The van der Waals surface area contributed by atoms with E-state index in [1.165, 1.54) is 6.42 Å². The Balaban J connectivity index is 1.42. The van der Waals surface area contributed by atoms with Gasteiger partial charge in [0, 0.05) is 24.7 Å². The van der Waals surface area contributed by atoms with Gasteiger partial charge < -0.3 is 5.32 Å². The lowest BCUT2D eigenvalue weighted by Gasteiger charge is -2.22. The zero-order chi connectivity index (χ0) is 21.4. The number of likely N-dealkylation sites (N-methyl/N-ethyl adjacent to an activating group) is 1. The van der Waals surface area contributed by atoms with Crippen molar-refractivity contribution in [3.63, 3.8) is 0 Å². The van der Waals surface area contributed by atoms with E-state index in [4.69, 9.17) is 4.98 Å². The molecule has 1 N–H and O–H groups in total. The van der Waals surface area contributed by atoms with E-state index >= 15 is 0 Å². The lowest BCUT2D eigenvalue weighted by atomic mass is 10.1. The smallest absolute Gasteiger partial charge is 0.254 e. The highest BCUT2D eigenvalue weighted by Gasteiger charge is 2.34. The fourth-order valence-corrected chi connectivity index (χ4v) is 5.27. The number of hydrogen-bond acceptors (Lipinski definition) is 6. The first-order valence-corrected chi connectivity index (χ1v) is 12.0. The molecule has 1 saturated carbocycles. The zero-order valence-electron chi connectivity index (χ0n) is 18.0. The van der Waals surface area contributed by atoms with Crippen molar-refractivity contribution in [2.24, 2.45) is 0 Å². The SMILES string of the molecule is CCN1CCC[C@H]1CNC(=O)c1cnn(-c2ncc(C)c(-c3cccs3)n2)c1C1CC1. The second-order valence-electron chi connectivity index (χ2n) is 8.44. The van der Waals surface area contributed by atoms with Crippen LogP contribution in [0, 0.1) is 6.92 Å². The molecular formula is C23H28N6OS. The molecular weight excluding hydrogens is 408 g/mol. The molecule has 8 heteroatoms. The van der Waals surface area contributed by atoms with E-state index in [9.17, 15) is 4.79 Å². The van der Waals surface area contributed by atoms with E-state index in [1.807, 2.05) is 24.6 Å². The van der Waals surface area contributed by atoms with Crippen molar-refractivity contribution in [1.29, 1.82) is 0 Å². The Hall–Kier alpha value is -2.58. The maximum Gasteiger partial charge on any atom is 0.254 e. The topological polar surface area (TPSA) is 75.9 Å². The molecule has 2 aliphatic rings. The molecule has 1 saturated heterocycles. The van der Waals surface area contributed by atoms with E-state index in [0.29, 0.717) is 30.0 Å². The van der Waals surface area contributed by atoms with Gasteiger partial charge in [0.15, 0.2) is 0 Å². The molecule has 1 aliphatic carbocycles. The van der Waals surface area contributed by atoms with E-state index in [1.54, 1.807) is 22.2 Å². The lowest BCUT2D eigenvalue weighted by molar-refractivity contribution is 0.0940. The van der Waals surface area contributed by atoms with Gasteiger partial charge in [-0.1, -0.05) is 13.0 Å². The number of rotatable bonds is 7. The summed E-state index contributed by atoms with van der Waals surface area (Å²) in [4.78, 5) is 26.0. The number of nitrogens with one attached hydrogen (secondary N) is 1. The van der Waals surface area contributed by atoms with Crippen LogP contribution in [0.25, 0.3) is 16.5 Å². The molecule has 0 bridgehead atoms. The largest absolute Gasteiger partial charge is 0.350 e. The maximum absolute atomic E-state index is 13.1. The molecule has 162 valence electrons. The number of carbonyl (C=O) groups is 1. The highest BCUT2D eigenvalue weighted by Crippen LogP contribution is 2.42. The molecule has 31 heavy (non-hydrogen) atoms. The van der Waals surface area contributed by atoms with Crippen molar-refractivity contribution in [3.05, 3.63) is 46.7 Å². The van der Waals surface area contributed by atoms with Gasteiger partial charge in [0.05, 0.1) is 28.0 Å². The summed E-state index contributed by atoms with van der Waals surface area (Å²) in [5.41, 5.74) is 3.55. The third kappa shape index (κ3) is 4.02. The first-order valence-electron chi connectivity index (χ1n) is 11.1. The lowest BCUT2D eigenvalue weighted by Crippen LogP contribution is -2.40. The van der Waals surface area contributed by atoms with Gasteiger partial charge in [-0.15, -0.1) is 11.3 Å². The predicted molar refractivity (Wildman–Crippen MR) is 122 cm³/mol. The molecule has 0 aromatic carbocycles. The average molecular weight is 437 g/mol. The third-order valence-electron chi connectivity index (χ3n) is 6.32. The number of amides is 1. The van der Waals surface area contributed by atoms with Crippen LogP contribution >= 0.6 is 11.3 Å². The molecule has 1 aliphatic heterocycles. The minimum Gasteiger partial charge on any atom is -0.350 e. The molecule has 3 aromatic heterocycles. The summed E-state index contributed by atoms with van der Waals surface area (Å²) in [7, 11) is 0. The van der Waals surface area contributed by atoms with Crippen molar-refractivity contribution >= 4 is 17.2 Å². The molecule has 4 heterocycles. The third-order valence-corrected chi connectivity index (χ3v) is 7.20. The second kappa shape index (κ2) is 8.51. The summed E-state index contributed by atoms with van der Waals surface area (Å²) in [6.45, 7) is 7.04. The van der Waals surface area contributed by atoms with Gasteiger partial charge in [-0.3, -0.25) is 9.69 Å². The van der Waals surface area contributed by atoms with Crippen LogP contribution in [0.2, 0.25) is 0 Å². The fraction of sp³-hybridized carbons (Fsp3) is 0.478. The van der Waals surface area contributed by atoms with E-state index in [2.05, 4.69) is 33.3 Å². The van der Waals surface area contributed by atoms with Crippen LogP contribution in [-0.4, -0.2) is 56.2 Å². The number of likely N-dealkylation sites (tertiary alicyclic amines) is 1. The first-order chi connectivity index (χ1) is 15.2. The molecule has 3 aromatic rings. The van der Waals surface area contributed by atoms with Crippen LogP contribution in [-0.2, 0) is 0 Å². The van der Waals surface area contributed by atoms with Crippen molar-refractivity contribution in [2.45, 2.75) is 51.5 Å². The Morgan fingerprint density at radius 1 is 1.29 bits per heavy atom. The van der Waals surface area contributed by atoms with Crippen LogP contribution in [0.3, 0.4) is 0 Å². The number of carbonyl (C=O) groups excluding carboxylic acids is 1. The van der Waals surface area contributed by atoms with Crippen LogP contribution in [0.1, 0.15) is 60.1 Å². The Bertz CT molecular complexity index is 1070. The van der Waals surface area contributed by atoms with Gasteiger partial charge in [-0.05, 0) is 62.7 Å². The van der Waals surface area contributed by atoms with Gasteiger partial charge in [-0.25, -0.2) is 14.6 Å². The summed E-state index contributed by atoms with van der Waals surface area (Å²) in [6.07, 6.45) is 8.02. The summed E-state index contributed by atoms with van der Waals surface area (Å²) in [5.74, 6) is 0.835. The monoisotopic (exact) mass is 436 g/mol. The van der Waals surface area contributed by atoms with Crippen molar-refractivity contribution in [3.8, 4) is 16.5 Å². The maximum atomic E-state index is 13.1. The summed E-state index contributed by atoms with van der Waals surface area (Å²) in [6, 6.07) is 4.52. The minimum absolute atomic E-state index is 0.0401. The van der Waals surface area contributed by atoms with E-state index in [-0.39, 0.29) is 5.91 Å². The van der Waals surface area contributed by atoms with Crippen LogP contribution < -0.4 is 5.32 Å².